The molecule has 1 aliphatic rings. The van der Waals surface area contributed by atoms with Gasteiger partial charge in [-0.25, -0.2) is 0 Å². The van der Waals surface area contributed by atoms with E-state index in [4.69, 9.17) is 21.6 Å². The fourth-order valence-electron chi connectivity index (χ4n) is 1.78. The fraction of sp³-hybridized carbons (Fsp3) is 0.286. The number of allylic oxidation sites excluding steroid dienone is 1. The predicted octanol–water partition coefficient (Wildman–Crippen LogP) is 2.62. The molecule has 0 bridgehead atoms. The van der Waals surface area contributed by atoms with Gasteiger partial charge in [0.25, 0.3) is 0 Å². The van der Waals surface area contributed by atoms with Crippen molar-refractivity contribution in [1.82, 2.24) is 20.6 Å². The first-order chi connectivity index (χ1) is 10.8. The van der Waals surface area contributed by atoms with E-state index in [1.807, 2.05) is 12.1 Å². The quantitative estimate of drug-likeness (QED) is 0.795. The molecule has 2 N–H and O–H groups in total. The number of aromatic amines is 1. The maximum Gasteiger partial charge on any atom is 0.216 e. The lowest BCUT2D eigenvalue weighted by atomic mass is 10.2. The summed E-state index contributed by atoms with van der Waals surface area (Å²) in [7, 11) is 0. The number of halogens is 1. The fourth-order valence-corrected chi connectivity index (χ4v) is 2.01. The number of rotatable bonds is 6. The largest absolute Gasteiger partial charge is 0.492 e. The molecule has 1 aromatic heterocycles. The summed E-state index contributed by atoms with van der Waals surface area (Å²) in [6.45, 7) is 0.711. The normalized spacial score (nSPS) is 14.5. The molecule has 3 rings (SSSR count). The van der Waals surface area contributed by atoms with Gasteiger partial charge in [0.05, 0.1) is 11.6 Å². The van der Waals surface area contributed by atoms with Crippen LogP contribution in [0, 0.1) is 17.2 Å². The van der Waals surface area contributed by atoms with Crippen LogP contribution in [-0.4, -0.2) is 27.2 Å². The van der Waals surface area contributed by atoms with Gasteiger partial charge < -0.3 is 10.1 Å². The minimum atomic E-state index is 0.227. The molecule has 2 aromatic rings. The molecular formula is C14H13ClN6O. The number of benzene rings is 1. The zero-order chi connectivity index (χ0) is 15.4. The van der Waals surface area contributed by atoms with Gasteiger partial charge in [-0.05, 0) is 42.2 Å². The molecule has 8 heteroatoms. The van der Waals surface area contributed by atoms with Crippen LogP contribution in [0.1, 0.15) is 18.7 Å². The van der Waals surface area contributed by atoms with Gasteiger partial charge in [-0.1, -0.05) is 11.6 Å². The van der Waals surface area contributed by atoms with E-state index < -0.39 is 0 Å². The van der Waals surface area contributed by atoms with E-state index in [1.54, 1.807) is 12.1 Å². The molecule has 0 aliphatic heterocycles. The molecule has 0 saturated heterocycles. The van der Waals surface area contributed by atoms with Crippen molar-refractivity contribution in [3.05, 3.63) is 35.2 Å². The van der Waals surface area contributed by atoms with Crippen molar-refractivity contribution in [2.75, 3.05) is 11.9 Å². The highest BCUT2D eigenvalue weighted by Gasteiger charge is 2.22. The molecule has 1 aliphatic carbocycles. The van der Waals surface area contributed by atoms with Crippen LogP contribution in [0.25, 0.3) is 5.57 Å². The van der Waals surface area contributed by atoms with E-state index in [1.165, 1.54) is 19.0 Å². The second-order valence-electron chi connectivity index (χ2n) is 4.95. The third-order valence-corrected chi connectivity index (χ3v) is 3.49. The lowest BCUT2D eigenvalue weighted by molar-refractivity contribution is 0.300. The average Bonchev–Trinajstić information content (AvgIpc) is 3.20. The topological polar surface area (TPSA) is 99.5 Å². The van der Waals surface area contributed by atoms with Crippen LogP contribution in [0.4, 0.5) is 5.69 Å². The molecule has 22 heavy (non-hydrogen) atoms. The molecule has 112 valence electrons. The molecule has 1 heterocycles. The van der Waals surface area contributed by atoms with Crippen LogP contribution in [0.5, 0.6) is 5.75 Å². The Hall–Kier alpha value is -2.59. The van der Waals surface area contributed by atoms with Crippen molar-refractivity contribution < 1.29 is 4.74 Å². The Morgan fingerprint density at radius 1 is 1.55 bits per heavy atom. The number of ether oxygens (including phenoxy) is 1. The number of anilines is 1. The van der Waals surface area contributed by atoms with Gasteiger partial charge in [0.2, 0.25) is 5.82 Å². The van der Waals surface area contributed by atoms with Crippen LogP contribution >= 0.6 is 11.6 Å². The van der Waals surface area contributed by atoms with E-state index in [9.17, 15) is 0 Å². The minimum Gasteiger partial charge on any atom is -0.492 e. The number of hydrogen-bond donors (Lipinski definition) is 2. The van der Waals surface area contributed by atoms with Crippen LogP contribution in [0.3, 0.4) is 0 Å². The molecule has 0 amide bonds. The van der Waals surface area contributed by atoms with Crippen molar-refractivity contribution in [1.29, 1.82) is 5.26 Å². The standard InChI is InChI=1S/C14H13ClN6O/c15-12-5-11(3-4-13(12)22-8-9-1-2-9)17-7-10(6-16)14-18-20-21-19-14/h3-5,7,9,17H,1-2,8H2,(H,18,19,20,21). The lowest BCUT2D eigenvalue weighted by Crippen LogP contribution is -2.00. The first-order valence-electron chi connectivity index (χ1n) is 6.79. The Bertz CT molecular complexity index is 717. The van der Waals surface area contributed by atoms with Crippen LogP contribution in [0.15, 0.2) is 24.4 Å². The lowest BCUT2D eigenvalue weighted by Gasteiger charge is -2.09. The smallest absolute Gasteiger partial charge is 0.216 e. The predicted molar refractivity (Wildman–Crippen MR) is 81.1 cm³/mol. The third kappa shape index (κ3) is 3.54. The average molecular weight is 317 g/mol. The Labute approximate surface area is 131 Å². The molecular weight excluding hydrogens is 304 g/mol. The van der Waals surface area contributed by atoms with Gasteiger partial charge in [-0.3, -0.25) is 0 Å². The molecule has 1 aromatic carbocycles. The number of aromatic nitrogens is 4. The second kappa shape index (κ2) is 6.45. The molecule has 1 fully saturated rings. The summed E-state index contributed by atoms with van der Waals surface area (Å²) >= 11 is 6.19. The van der Waals surface area contributed by atoms with Crippen molar-refractivity contribution >= 4 is 22.9 Å². The van der Waals surface area contributed by atoms with Crippen LogP contribution in [-0.2, 0) is 0 Å². The Balaban J connectivity index is 1.67. The highest BCUT2D eigenvalue weighted by molar-refractivity contribution is 6.32. The zero-order valence-electron chi connectivity index (χ0n) is 11.6. The second-order valence-corrected chi connectivity index (χ2v) is 5.36. The summed E-state index contributed by atoms with van der Waals surface area (Å²) < 4.78 is 5.66. The van der Waals surface area contributed by atoms with E-state index >= 15 is 0 Å². The van der Waals surface area contributed by atoms with E-state index in [2.05, 4.69) is 25.9 Å². The maximum absolute atomic E-state index is 9.08. The first-order valence-corrected chi connectivity index (χ1v) is 7.17. The Morgan fingerprint density at radius 2 is 2.41 bits per heavy atom. The van der Waals surface area contributed by atoms with Gasteiger partial charge in [0.1, 0.15) is 17.4 Å². The molecule has 0 radical (unpaired) electrons. The SMILES string of the molecule is N#CC(=CNc1ccc(OCC2CC2)c(Cl)c1)c1nn[nH]n1. The van der Waals surface area contributed by atoms with E-state index in [0.717, 1.165) is 5.69 Å². The molecule has 7 nitrogen and oxygen atoms in total. The summed E-state index contributed by atoms with van der Waals surface area (Å²) in [6, 6.07) is 7.37. The van der Waals surface area contributed by atoms with Gasteiger partial charge >= 0.3 is 0 Å². The monoisotopic (exact) mass is 316 g/mol. The number of nitrogens with zero attached hydrogens (tertiary/aromatic N) is 4. The molecule has 1 saturated carbocycles. The summed E-state index contributed by atoms with van der Waals surface area (Å²) in [5.41, 5.74) is 0.999. The zero-order valence-corrected chi connectivity index (χ0v) is 12.3. The highest BCUT2D eigenvalue weighted by atomic mass is 35.5. The maximum atomic E-state index is 9.08. The Morgan fingerprint density at radius 3 is 3.05 bits per heavy atom. The molecule has 0 unspecified atom stereocenters. The van der Waals surface area contributed by atoms with Crippen LogP contribution < -0.4 is 10.1 Å². The third-order valence-electron chi connectivity index (χ3n) is 3.19. The first kappa shape index (κ1) is 14.4. The summed E-state index contributed by atoms with van der Waals surface area (Å²) in [6.07, 6.45) is 3.96. The van der Waals surface area contributed by atoms with Gasteiger partial charge in [-0.2, -0.15) is 10.5 Å². The number of nitriles is 1. The van der Waals surface area contributed by atoms with Gasteiger partial charge in [0, 0.05) is 11.9 Å². The van der Waals surface area contributed by atoms with Gasteiger partial charge in [0.15, 0.2) is 0 Å². The van der Waals surface area contributed by atoms with Crippen molar-refractivity contribution in [3.63, 3.8) is 0 Å². The van der Waals surface area contributed by atoms with Crippen molar-refractivity contribution in [2.45, 2.75) is 12.8 Å². The minimum absolute atomic E-state index is 0.227. The van der Waals surface area contributed by atoms with E-state index in [0.29, 0.717) is 23.3 Å². The van der Waals surface area contributed by atoms with E-state index in [-0.39, 0.29) is 11.4 Å². The van der Waals surface area contributed by atoms with Gasteiger partial charge in [-0.15, -0.1) is 10.2 Å². The molecule has 0 spiro atoms. The Kier molecular flexibility index (Phi) is 4.21. The number of hydrogen-bond acceptors (Lipinski definition) is 6. The van der Waals surface area contributed by atoms with Crippen LogP contribution in [0.2, 0.25) is 5.02 Å². The number of H-pyrrole nitrogens is 1. The highest BCUT2D eigenvalue weighted by Crippen LogP contribution is 2.32. The summed E-state index contributed by atoms with van der Waals surface area (Å²) in [4.78, 5) is 0. The van der Waals surface area contributed by atoms with Crippen molar-refractivity contribution in [3.8, 4) is 11.8 Å². The van der Waals surface area contributed by atoms with Crippen molar-refractivity contribution in [2.24, 2.45) is 5.92 Å². The number of nitrogens with one attached hydrogen (secondary N) is 2. The number of tetrazole rings is 1. The summed E-state index contributed by atoms with van der Waals surface area (Å²) in [5.74, 6) is 1.57. The molecule has 0 atom stereocenters. The summed E-state index contributed by atoms with van der Waals surface area (Å²) in [5, 5.41) is 25.8.